The number of nitrogens with zero attached hydrogens (tertiary/aromatic N) is 2. The van der Waals surface area contributed by atoms with Crippen molar-refractivity contribution in [3.63, 3.8) is 0 Å². The molecule has 0 aromatic heterocycles. The Morgan fingerprint density at radius 3 is 2.54 bits per heavy atom. The summed E-state index contributed by atoms with van der Waals surface area (Å²) >= 11 is 1.17. The first-order chi connectivity index (χ1) is 11.3. The summed E-state index contributed by atoms with van der Waals surface area (Å²) in [5, 5.41) is 24.3. The van der Waals surface area contributed by atoms with Crippen LogP contribution in [0.5, 0.6) is 0 Å². The second kappa shape index (κ2) is 7.27. The van der Waals surface area contributed by atoms with E-state index in [0.29, 0.717) is 10.6 Å². The number of nitriles is 2. The minimum atomic E-state index is -0.917. The average Bonchev–Trinajstić information content (AvgIpc) is 2.99. The summed E-state index contributed by atoms with van der Waals surface area (Å²) in [6, 6.07) is 4.30. The van der Waals surface area contributed by atoms with Crippen LogP contribution in [0, 0.1) is 34.0 Å². The molecule has 7 heteroatoms. The van der Waals surface area contributed by atoms with Crippen molar-refractivity contribution in [2.75, 3.05) is 0 Å². The van der Waals surface area contributed by atoms with E-state index in [1.807, 2.05) is 6.07 Å². The Kier molecular flexibility index (Phi) is 5.56. The van der Waals surface area contributed by atoms with Crippen LogP contribution in [-0.2, 0) is 9.59 Å². The summed E-state index contributed by atoms with van der Waals surface area (Å²) in [6.45, 7) is 5.18. The van der Waals surface area contributed by atoms with Crippen molar-refractivity contribution in [3.05, 3.63) is 10.6 Å². The van der Waals surface area contributed by atoms with Crippen molar-refractivity contribution in [3.8, 4) is 12.1 Å². The van der Waals surface area contributed by atoms with Crippen molar-refractivity contribution >= 4 is 23.6 Å². The summed E-state index contributed by atoms with van der Waals surface area (Å²) in [5.74, 6) is -1.43. The maximum atomic E-state index is 12.3. The fourth-order valence-corrected chi connectivity index (χ4v) is 4.25. The van der Waals surface area contributed by atoms with Crippen LogP contribution in [0.1, 0.15) is 46.5 Å². The van der Waals surface area contributed by atoms with Crippen LogP contribution in [0.4, 0.5) is 0 Å². The normalized spacial score (nSPS) is 24.7. The molecule has 0 unspecified atom stereocenters. The maximum absolute atomic E-state index is 12.3. The van der Waals surface area contributed by atoms with Crippen LogP contribution in [0.25, 0.3) is 0 Å². The lowest BCUT2D eigenvalue weighted by Gasteiger charge is -2.35. The number of hydrogen-bond donors (Lipinski definition) is 2. The Bertz CT molecular complexity index is 650. The van der Waals surface area contributed by atoms with Crippen molar-refractivity contribution < 1.29 is 9.59 Å². The number of allylic oxidation sites excluding steroid dienone is 1. The lowest BCUT2D eigenvalue weighted by Crippen LogP contribution is -2.45. The predicted octanol–water partition coefficient (Wildman–Crippen LogP) is 2.20. The standard InChI is InChI=1S/C17H22N4O2S/c1-10(14(22)20-11-6-4-5-7-11)24-16-13(9-19)17(2,3)12(8-18)15(23)21-16/h10-12H,4-7H2,1-3H3,(H,20,22)(H,21,23)/t10-,12-/m0/s1. The molecule has 0 spiro atoms. The first-order valence-electron chi connectivity index (χ1n) is 8.13. The zero-order chi connectivity index (χ0) is 17.9. The second-order valence-electron chi connectivity index (χ2n) is 6.84. The fraction of sp³-hybridized carbons (Fsp3) is 0.647. The van der Waals surface area contributed by atoms with Gasteiger partial charge in [0.05, 0.1) is 28.0 Å². The monoisotopic (exact) mass is 346 g/mol. The minimum absolute atomic E-state index is 0.0915. The average molecular weight is 346 g/mol. The van der Waals surface area contributed by atoms with Crippen molar-refractivity contribution in [2.24, 2.45) is 11.3 Å². The van der Waals surface area contributed by atoms with Crippen LogP contribution in [0.2, 0.25) is 0 Å². The van der Waals surface area contributed by atoms with Gasteiger partial charge in [-0.1, -0.05) is 38.5 Å². The molecule has 1 aliphatic carbocycles. The Balaban J connectivity index is 2.15. The van der Waals surface area contributed by atoms with E-state index in [1.165, 1.54) is 11.8 Å². The number of rotatable bonds is 4. The van der Waals surface area contributed by atoms with Gasteiger partial charge in [0, 0.05) is 11.5 Å². The Morgan fingerprint density at radius 2 is 2.00 bits per heavy atom. The molecule has 2 rings (SSSR count). The molecule has 0 aromatic rings. The molecule has 6 nitrogen and oxygen atoms in total. The van der Waals surface area contributed by atoms with E-state index >= 15 is 0 Å². The van der Waals surface area contributed by atoms with Gasteiger partial charge >= 0.3 is 0 Å². The molecule has 1 aliphatic heterocycles. The highest BCUT2D eigenvalue weighted by molar-refractivity contribution is 8.04. The van der Waals surface area contributed by atoms with Gasteiger partial charge in [0.2, 0.25) is 11.8 Å². The molecule has 1 fully saturated rings. The van der Waals surface area contributed by atoms with Gasteiger partial charge in [-0.05, 0) is 19.8 Å². The van der Waals surface area contributed by atoms with Gasteiger partial charge in [0.25, 0.3) is 0 Å². The Morgan fingerprint density at radius 1 is 1.38 bits per heavy atom. The molecule has 2 atom stereocenters. The molecule has 0 bridgehead atoms. The third kappa shape index (κ3) is 3.57. The lowest BCUT2D eigenvalue weighted by molar-refractivity contribution is -0.125. The molecule has 0 aromatic carbocycles. The zero-order valence-electron chi connectivity index (χ0n) is 14.2. The number of thioether (sulfide) groups is 1. The summed E-state index contributed by atoms with van der Waals surface area (Å²) in [5.41, 5.74) is -0.533. The van der Waals surface area contributed by atoms with Gasteiger partial charge in [-0.3, -0.25) is 9.59 Å². The SMILES string of the molecule is C[C@H](SC1=C(C#N)C(C)(C)[C@@H](C#N)C(=O)N1)C(=O)NC1CCCC1. The molecule has 128 valence electrons. The van der Waals surface area contributed by atoms with Gasteiger partial charge in [-0.2, -0.15) is 10.5 Å². The number of hydrogen-bond acceptors (Lipinski definition) is 5. The third-order valence-corrected chi connectivity index (χ3v) is 5.81. The van der Waals surface area contributed by atoms with Crippen molar-refractivity contribution in [1.29, 1.82) is 10.5 Å². The number of nitrogens with one attached hydrogen (secondary N) is 2. The van der Waals surface area contributed by atoms with Crippen LogP contribution in [0.3, 0.4) is 0 Å². The van der Waals surface area contributed by atoms with E-state index in [4.69, 9.17) is 0 Å². The predicted molar refractivity (Wildman–Crippen MR) is 91.1 cm³/mol. The maximum Gasteiger partial charge on any atom is 0.243 e. The smallest absolute Gasteiger partial charge is 0.243 e. The summed E-state index contributed by atoms with van der Waals surface area (Å²) in [4.78, 5) is 24.5. The van der Waals surface area contributed by atoms with E-state index in [9.17, 15) is 20.1 Å². The Hall–Kier alpha value is -1.99. The van der Waals surface area contributed by atoms with Gasteiger partial charge in [0.1, 0.15) is 5.92 Å². The quantitative estimate of drug-likeness (QED) is 0.812. The fourth-order valence-electron chi connectivity index (χ4n) is 3.13. The van der Waals surface area contributed by atoms with Crippen LogP contribution in [0.15, 0.2) is 10.6 Å². The highest BCUT2D eigenvalue weighted by atomic mass is 32.2. The van der Waals surface area contributed by atoms with E-state index in [0.717, 1.165) is 25.7 Å². The summed E-state index contributed by atoms with van der Waals surface area (Å²) in [6.07, 6.45) is 4.28. The topological polar surface area (TPSA) is 106 Å². The zero-order valence-corrected chi connectivity index (χ0v) is 15.0. The largest absolute Gasteiger partial charge is 0.352 e. The number of carbonyl (C=O) groups is 2. The van der Waals surface area contributed by atoms with Gasteiger partial charge in [-0.25, -0.2) is 0 Å². The number of carbonyl (C=O) groups excluding carboxylic acids is 2. The first-order valence-corrected chi connectivity index (χ1v) is 9.01. The van der Waals surface area contributed by atoms with Gasteiger partial charge in [0.15, 0.2) is 0 Å². The lowest BCUT2D eigenvalue weighted by atomic mass is 9.72. The highest BCUT2D eigenvalue weighted by Gasteiger charge is 2.45. The van der Waals surface area contributed by atoms with E-state index in [2.05, 4.69) is 16.7 Å². The summed E-state index contributed by atoms with van der Waals surface area (Å²) in [7, 11) is 0. The molecule has 0 radical (unpaired) electrons. The second-order valence-corrected chi connectivity index (χ2v) is 8.19. The van der Waals surface area contributed by atoms with E-state index < -0.39 is 22.5 Å². The van der Waals surface area contributed by atoms with E-state index in [-0.39, 0.29) is 11.9 Å². The molecule has 1 saturated carbocycles. The third-order valence-electron chi connectivity index (χ3n) is 4.70. The molecular weight excluding hydrogens is 324 g/mol. The highest BCUT2D eigenvalue weighted by Crippen LogP contribution is 2.42. The molecule has 2 N–H and O–H groups in total. The molecule has 0 saturated heterocycles. The Labute approximate surface area is 146 Å². The van der Waals surface area contributed by atoms with Crippen LogP contribution < -0.4 is 10.6 Å². The van der Waals surface area contributed by atoms with Crippen molar-refractivity contribution in [1.82, 2.24) is 10.6 Å². The first kappa shape index (κ1) is 18.4. The van der Waals surface area contributed by atoms with Gasteiger partial charge < -0.3 is 10.6 Å². The van der Waals surface area contributed by atoms with Crippen molar-refractivity contribution in [2.45, 2.75) is 57.7 Å². The summed E-state index contributed by atoms with van der Waals surface area (Å²) < 4.78 is 0. The molecular formula is C17H22N4O2S. The van der Waals surface area contributed by atoms with Gasteiger partial charge in [-0.15, -0.1) is 0 Å². The minimum Gasteiger partial charge on any atom is -0.352 e. The molecule has 2 amide bonds. The molecule has 1 heterocycles. The van der Waals surface area contributed by atoms with Crippen LogP contribution >= 0.6 is 11.8 Å². The molecule has 2 aliphatic rings. The van der Waals surface area contributed by atoms with Crippen LogP contribution in [-0.4, -0.2) is 23.1 Å². The van der Waals surface area contributed by atoms with E-state index in [1.54, 1.807) is 20.8 Å². The molecule has 24 heavy (non-hydrogen) atoms. The number of amides is 2.